The Kier molecular flexibility index (Phi) is 16.4. The van der Waals surface area contributed by atoms with Gasteiger partial charge in [0.2, 0.25) is 0 Å². The van der Waals surface area contributed by atoms with Gasteiger partial charge in [0, 0.05) is 46.9 Å². The average molecular weight is 344 g/mol. The van der Waals surface area contributed by atoms with Crippen molar-refractivity contribution in [1.29, 1.82) is 0 Å². The molecule has 0 aliphatic heterocycles. The number of aliphatic imine (C=N–C) groups is 1. The molecule has 0 aromatic carbocycles. The summed E-state index contributed by atoms with van der Waals surface area (Å²) >= 11 is 0. The number of nitrogens with one attached hydrogen (secondary N) is 2. The van der Waals surface area contributed by atoms with Gasteiger partial charge in [-0.2, -0.15) is 0 Å². The SMILES string of the molecule is CN=C(NCCCCCCCN(C)C)NCCN(C)CCCOC. The lowest BCUT2D eigenvalue weighted by atomic mass is 10.1. The molecule has 0 aromatic heterocycles. The van der Waals surface area contributed by atoms with Gasteiger partial charge in [0.1, 0.15) is 0 Å². The molecular formula is C18H41N5O. The molecule has 0 bridgehead atoms. The Morgan fingerprint density at radius 3 is 2.17 bits per heavy atom. The molecule has 0 aliphatic rings. The lowest BCUT2D eigenvalue weighted by Gasteiger charge is -2.18. The smallest absolute Gasteiger partial charge is 0.191 e. The molecule has 2 N–H and O–H groups in total. The average Bonchev–Trinajstić information content (AvgIpc) is 2.55. The molecule has 0 atom stereocenters. The van der Waals surface area contributed by atoms with Crippen molar-refractivity contribution in [3.05, 3.63) is 0 Å². The summed E-state index contributed by atoms with van der Waals surface area (Å²) in [5, 5.41) is 6.77. The standard InChI is InChI=1S/C18H41N5O/c1-19-18(21-13-16-23(4)15-11-17-24-5)20-12-9-7-6-8-10-14-22(2)3/h6-17H2,1-5H3,(H2,19,20,21). The minimum Gasteiger partial charge on any atom is -0.385 e. The van der Waals surface area contributed by atoms with Crippen molar-refractivity contribution in [2.24, 2.45) is 4.99 Å². The summed E-state index contributed by atoms with van der Waals surface area (Å²) in [5.74, 6) is 0.910. The van der Waals surface area contributed by atoms with E-state index < -0.39 is 0 Å². The molecule has 144 valence electrons. The molecular weight excluding hydrogens is 302 g/mol. The second-order valence-corrected chi connectivity index (χ2v) is 6.65. The summed E-state index contributed by atoms with van der Waals surface area (Å²) in [6, 6.07) is 0. The minimum absolute atomic E-state index is 0.830. The van der Waals surface area contributed by atoms with E-state index >= 15 is 0 Å². The van der Waals surface area contributed by atoms with Crippen LogP contribution in [0.5, 0.6) is 0 Å². The van der Waals surface area contributed by atoms with Gasteiger partial charge < -0.3 is 25.2 Å². The Balaban J connectivity index is 3.50. The van der Waals surface area contributed by atoms with E-state index in [-0.39, 0.29) is 0 Å². The van der Waals surface area contributed by atoms with Crippen LogP contribution in [0, 0.1) is 0 Å². The lowest BCUT2D eigenvalue weighted by molar-refractivity contribution is 0.180. The topological polar surface area (TPSA) is 52.1 Å². The zero-order chi connectivity index (χ0) is 18.0. The predicted octanol–water partition coefficient (Wildman–Crippen LogP) is 1.63. The minimum atomic E-state index is 0.830. The lowest BCUT2D eigenvalue weighted by Crippen LogP contribution is -2.41. The third kappa shape index (κ3) is 16.0. The number of ether oxygens (including phenoxy) is 1. The van der Waals surface area contributed by atoms with E-state index in [1.807, 2.05) is 7.05 Å². The first kappa shape index (κ1) is 23.1. The quantitative estimate of drug-likeness (QED) is 0.269. The second kappa shape index (κ2) is 17.0. The molecule has 0 aliphatic carbocycles. The second-order valence-electron chi connectivity index (χ2n) is 6.65. The van der Waals surface area contributed by atoms with Gasteiger partial charge in [-0.15, -0.1) is 0 Å². The highest BCUT2D eigenvalue weighted by molar-refractivity contribution is 5.79. The van der Waals surface area contributed by atoms with Crippen LogP contribution in [0.25, 0.3) is 0 Å². The van der Waals surface area contributed by atoms with Crippen LogP contribution < -0.4 is 10.6 Å². The number of unbranched alkanes of at least 4 members (excludes halogenated alkanes) is 4. The largest absolute Gasteiger partial charge is 0.385 e. The fourth-order valence-corrected chi connectivity index (χ4v) is 2.47. The van der Waals surface area contributed by atoms with Crippen molar-refractivity contribution >= 4 is 5.96 Å². The summed E-state index contributed by atoms with van der Waals surface area (Å²) in [4.78, 5) is 8.85. The molecule has 0 heterocycles. The van der Waals surface area contributed by atoms with E-state index in [4.69, 9.17) is 4.74 Å². The van der Waals surface area contributed by atoms with E-state index in [1.54, 1.807) is 7.11 Å². The first-order chi connectivity index (χ1) is 11.6. The summed E-state index contributed by atoms with van der Waals surface area (Å²) < 4.78 is 5.07. The first-order valence-electron chi connectivity index (χ1n) is 9.37. The van der Waals surface area contributed by atoms with Crippen molar-refractivity contribution in [1.82, 2.24) is 20.4 Å². The van der Waals surface area contributed by atoms with Gasteiger partial charge in [0.25, 0.3) is 0 Å². The van der Waals surface area contributed by atoms with Gasteiger partial charge in [-0.05, 0) is 47.0 Å². The summed E-state index contributed by atoms with van der Waals surface area (Å²) in [5.41, 5.74) is 0. The Morgan fingerprint density at radius 2 is 1.50 bits per heavy atom. The molecule has 6 heteroatoms. The van der Waals surface area contributed by atoms with E-state index in [9.17, 15) is 0 Å². The van der Waals surface area contributed by atoms with Crippen molar-refractivity contribution in [3.63, 3.8) is 0 Å². The van der Waals surface area contributed by atoms with E-state index in [0.717, 1.165) is 45.2 Å². The van der Waals surface area contributed by atoms with E-state index in [0.29, 0.717) is 0 Å². The van der Waals surface area contributed by atoms with Gasteiger partial charge in [-0.25, -0.2) is 0 Å². The Labute approximate surface area is 150 Å². The Hall–Kier alpha value is -0.850. The van der Waals surface area contributed by atoms with E-state index in [1.165, 1.54) is 38.6 Å². The highest BCUT2D eigenvalue weighted by Gasteiger charge is 2.00. The molecule has 0 fully saturated rings. The van der Waals surface area contributed by atoms with Gasteiger partial charge in [0.15, 0.2) is 5.96 Å². The number of nitrogens with zero attached hydrogens (tertiary/aromatic N) is 3. The fourth-order valence-electron chi connectivity index (χ4n) is 2.47. The van der Waals surface area contributed by atoms with Crippen molar-refractivity contribution in [3.8, 4) is 0 Å². The van der Waals surface area contributed by atoms with Crippen molar-refractivity contribution < 1.29 is 4.74 Å². The Morgan fingerprint density at radius 1 is 0.833 bits per heavy atom. The summed E-state index contributed by atoms with van der Waals surface area (Å²) in [6.45, 7) is 6.02. The third-order valence-corrected chi connectivity index (χ3v) is 3.97. The third-order valence-electron chi connectivity index (χ3n) is 3.97. The number of methoxy groups -OCH3 is 1. The normalized spacial score (nSPS) is 12.2. The first-order valence-corrected chi connectivity index (χ1v) is 9.37. The van der Waals surface area contributed by atoms with Crippen LogP contribution in [0.15, 0.2) is 4.99 Å². The molecule has 0 saturated carbocycles. The van der Waals surface area contributed by atoms with Gasteiger partial charge in [-0.1, -0.05) is 19.3 Å². The van der Waals surface area contributed by atoms with Crippen LogP contribution in [0.4, 0.5) is 0 Å². The number of rotatable bonds is 15. The van der Waals surface area contributed by atoms with Crippen LogP contribution in [0.2, 0.25) is 0 Å². The molecule has 0 radical (unpaired) electrons. The monoisotopic (exact) mass is 343 g/mol. The predicted molar refractivity (Wildman–Crippen MR) is 105 cm³/mol. The van der Waals surface area contributed by atoms with Crippen molar-refractivity contribution in [2.75, 3.05) is 74.6 Å². The number of guanidine groups is 1. The van der Waals surface area contributed by atoms with Crippen molar-refractivity contribution in [2.45, 2.75) is 38.5 Å². The maximum atomic E-state index is 5.07. The zero-order valence-corrected chi connectivity index (χ0v) is 16.7. The van der Waals surface area contributed by atoms with Crippen LogP contribution >= 0.6 is 0 Å². The molecule has 6 nitrogen and oxygen atoms in total. The van der Waals surface area contributed by atoms with E-state index in [2.05, 4.69) is 46.6 Å². The Bertz CT molecular complexity index is 297. The van der Waals surface area contributed by atoms with Gasteiger partial charge >= 0.3 is 0 Å². The summed E-state index contributed by atoms with van der Waals surface area (Å²) in [6.07, 6.45) is 7.55. The highest BCUT2D eigenvalue weighted by Crippen LogP contribution is 2.02. The van der Waals surface area contributed by atoms with Crippen LogP contribution in [-0.4, -0.2) is 90.4 Å². The van der Waals surface area contributed by atoms with Crippen LogP contribution in [-0.2, 0) is 4.74 Å². The summed E-state index contributed by atoms with van der Waals surface area (Å²) in [7, 11) is 10.0. The fraction of sp³-hybridized carbons (Fsp3) is 0.944. The zero-order valence-electron chi connectivity index (χ0n) is 16.7. The molecule has 0 aromatic rings. The van der Waals surface area contributed by atoms with Gasteiger partial charge in [0.05, 0.1) is 0 Å². The number of hydrogen-bond acceptors (Lipinski definition) is 4. The highest BCUT2D eigenvalue weighted by atomic mass is 16.5. The maximum absolute atomic E-state index is 5.07. The molecule has 0 unspecified atom stereocenters. The number of hydrogen-bond donors (Lipinski definition) is 2. The maximum Gasteiger partial charge on any atom is 0.191 e. The van der Waals surface area contributed by atoms with Crippen LogP contribution in [0.3, 0.4) is 0 Å². The molecule has 0 saturated heterocycles. The molecule has 24 heavy (non-hydrogen) atoms. The molecule has 0 amide bonds. The van der Waals surface area contributed by atoms with Crippen LogP contribution in [0.1, 0.15) is 38.5 Å². The molecule has 0 rings (SSSR count). The van der Waals surface area contributed by atoms with Gasteiger partial charge in [-0.3, -0.25) is 4.99 Å². The molecule has 0 spiro atoms. The number of likely N-dealkylation sites (N-methyl/N-ethyl adjacent to an activating group) is 1.